The van der Waals surface area contributed by atoms with Crippen molar-refractivity contribution in [2.24, 2.45) is 7.05 Å². The topological polar surface area (TPSA) is 74.1 Å². The summed E-state index contributed by atoms with van der Waals surface area (Å²) in [5.41, 5.74) is 1.98. The van der Waals surface area contributed by atoms with Crippen LogP contribution in [0.25, 0.3) is 0 Å². The first-order valence-corrected chi connectivity index (χ1v) is 11.7. The summed E-state index contributed by atoms with van der Waals surface area (Å²) in [5, 5.41) is 17.0. The Hall–Kier alpha value is -2.00. The van der Waals surface area contributed by atoms with Gasteiger partial charge in [0.1, 0.15) is 6.61 Å². The maximum absolute atomic E-state index is 6.51. The van der Waals surface area contributed by atoms with Gasteiger partial charge in [-0.3, -0.25) is 0 Å². The van der Waals surface area contributed by atoms with E-state index in [1.165, 1.54) is 0 Å². The highest BCUT2D eigenvalue weighted by atomic mass is 35.5. The van der Waals surface area contributed by atoms with E-state index in [4.69, 9.17) is 32.7 Å². The van der Waals surface area contributed by atoms with Crippen molar-refractivity contribution in [3.8, 4) is 11.5 Å². The zero-order chi connectivity index (χ0) is 22.1. The van der Waals surface area contributed by atoms with Crippen molar-refractivity contribution in [3.05, 3.63) is 57.6 Å². The average molecular weight is 482 g/mol. The zero-order valence-electron chi connectivity index (χ0n) is 17.5. The highest BCUT2D eigenvalue weighted by Gasteiger charge is 2.12. The van der Waals surface area contributed by atoms with Gasteiger partial charge in [-0.2, -0.15) is 0 Å². The fraction of sp³-hybridized carbons (Fsp3) is 0.381. The number of aryl methyl sites for hydroxylation is 1. The van der Waals surface area contributed by atoms with E-state index in [9.17, 15) is 0 Å². The lowest BCUT2D eigenvalue weighted by atomic mass is 10.2. The number of ether oxygens (including phenoxy) is 2. The van der Waals surface area contributed by atoms with Crippen LogP contribution in [0.5, 0.6) is 11.5 Å². The molecule has 2 aromatic carbocycles. The van der Waals surface area contributed by atoms with Gasteiger partial charge >= 0.3 is 0 Å². The van der Waals surface area contributed by atoms with Crippen molar-refractivity contribution >= 4 is 35.0 Å². The van der Waals surface area contributed by atoms with Gasteiger partial charge in [0.05, 0.1) is 6.61 Å². The minimum Gasteiger partial charge on any atom is -0.490 e. The number of rotatable bonds is 12. The van der Waals surface area contributed by atoms with Gasteiger partial charge in [-0.25, -0.2) is 4.68 Å². The van der Waals surface area contributed by atoms with Gasteiger partial charge in [0, 0.05) is 35.5 Å². The summed E-state index contributed by atoms with van der Waals surface area (Å²) in [5.74, 6) is 2.23. The Morgan fingerprint density at radius 2 is 1.87 bits per heavy atom. The largest absolute Gasteiger partial charge is 0.490 e. The molecule has 31 heavy (non-hydrogen) atoms. The number of benzene rings is 2. The van der Waals surface area contributed by atoms with E-state index in [1.807, 2.05) is 50.4 Å². The van der Waals surface area contributed by atoms with E-state index < -0.39 is 0 Å². The standard InChI is InChI=1S/C21H25Cl2N5O2S/c1-3-29-19-11-16(13-24-9-4-10-31-21-25-26-27-28(21)2)18(23)12-20(19)30-14-15-5-7-17(22)8-6-15/h5-8,11-12,24H,3-4,9-10,13-14H2,1-2H3. The van der Waals surface area contributed by atoms with Crippen LogP contribution < -0.4 is 14.8 Å². The molecule has 0 fully saturated rings. The Morgan fingerprint density at radius 1 is 1.10 bits per heavy atom. The molecule has 7 nitrogen and oxygen atoms in total. The maximum atomic E-state index is 6.51. The van der Waals surface area contributed by atoms with Crippen LogP contribution in [0.1, 0.15) is 24.5 Å². The predicted molar refractivity (Wildman–Crippen MR) is 124 cm³/mol. The number of halogens is 2. The highest BCUT2D eigenvalue weighted by Crippen LogP contribution is 2.34. The van der Waals surface area contributed by atoms with Crippen LogP contribution in [-0.4, -0.2) is 39.1 Å². The van der Waals surface area contributed by atoms with Gasteiger partial charge in [-0.05, 0) is 59.6 Å². The van der Waals surface area contributed by atoms with Gasteiger partial charge in [-0.1, -0.05) is 47.1 Å². The normalized spacial score (nSPS) is 11.0. The van der Waals surface area contributed by atoms with Crippen molar-refractivity contribution in [3.63, 3.8) is 0 Å². The Balaban J connectivity index is 1.51. The van der Waals surface area contributed by atoms with Crippen molar-refractivity contribution in [2.45, 2.75) is 31.7 Å². The second kappa shape index (κ2) is 12.1. The van der Waals surface area contributed by atoms with E-state index >= 15 is 0 Å². The smallest absolute Gasteiger partial charge is 0.209 e. The van der Waals surface area contributed by atoms with Crippen molar-refractivity contribution in [1.82, 2.24) is 25.5 Å². The Labute approximate surface area is 196 Å². The van der Waals surface area contributed by atoms with Gasteiger partial charge in [0.2, 0.25) is 5.16 Å². The molecule has 10 heteroatoms. The van der Waals surface area contributed by atoms with E-state index in [0.29, 0.717) is 41.3 Å². The molecule has 166 valence electrons. The first-order chi connectivity index (χ1) is 15.1. The molecule has 0 aliphatic heterocycles. The molecule has 0 aliphatic rings. The molecule has 0 saturated heterocycles. The predicted octanol–water partition coefficient (Wildman–Crippen LogP) is 4.77. The monoisotopic (exact) mass is 481 g/mol. The van der Waals surface area contributed by atoms with Crippen molar-refractivity contribution in [2.75, 3.05) is 18.9 Å². The van der Waals surface area contributed by atoms with E-state index in [0.717, 1.165) is 35.0 Å². The van der Waals surface area contributed by atoms with Crippen molar-refractivity contribution < 1.29 is 9.47 Å². The molecule has 0 spiro atoms. The minimum absolute atomic E-state index is 0.407. The summed E-state index contributed by atoms with van der Waals surface area (Å²) in [7, 11) is 1.83. The second-order valence-corrected chi connectivity index (χ2v) is 8.61. The van der Waals surface area contributed by atoms with Crippen LogP contribution in [0.3, 0.4) is 0 Å². The Kier molecular flexibility index (Phi) is 9.27. The third-order valence-electron chi connectivity index (χ3n) is 4.35. The molecule has 3 aromatic rings. The molecule has 3 rings (SSSR count). The van der Waals surface area contributed by atoms with Crippen LogP contribution in [-0.2, 0) is 20.2 Å². The molecule has 0 atom stereocenters. The molecular weight excluding hydrogens is 457 g/mol. The Morgan fingerprint density at radius 3 is 2.58 bits per heavy atom. The van der Waals surface area contributed by atoms with Crippen LogP contribution >= 0.6 is 35.0 Å². The highest BCUT2D eigenvalue weighted by molar-refractivity contribution is 7.99. The number of thioether (sulfide) groups is 1. The summed E-state index contributed by atoms with van der Waals surface area (Å²) in [6, 6.07) is 11.3. The third-order valence-corrected chi connectivity index (χ3v) is 6.05. The molecule has 0 amide bonds. The van der Waals surface area contributed by atoms with E-state index in [2.05, 4.69) is 20.8 Å². The van der Waals surface area contributed by atoms with Crippen LogP contribution in [0.4, 0.5) is 0 Å². The molecule has 0 radical (unpaired) electrons. The summed E-state index contributed by atoms with van der Waals surface area (Å²) in [6.45, 7) is 4.39. The van der Waals surface area contributed by atoms with E-state index in [-0.39, 0.29) is 0 Å². The summed E-state index contributed by atoms with van der Waals surface area (Å²) in [4.78, 5) is 0. The lowest BCUT2D eigenvalue weighted by molar-refractivity contribution is 0.269. The number of nitrogens with one attached hydrogen (secondary N) is 1. The molecule has 1 heterocycles. The maximum Gasteiger partial charge on any atom is 0.209 e. The summed E-state index contributed by atoms with van der Waals surface area (Å²) in [6.07, 6.45) is 0.982. The van der Waals surface area contributed by atoms with Gasteiger partial charge in [-0.15, -0.1) is 5.10 Å². The average Bonchev–Trinajstić information content (AvgIpc) is 3.17. The number of tetrazole rings is 1. The molecule has 1 N–H and O–H groups in total. The van der Waals surface area contributed by atoms with Crippen LogP contribution in [0.15, 0.2) is 41.6 Å². The molecule has 0 bridgehead atoms. The minimum atomic E-state index is 0.407. The molecular formula is C21H25Cl2N5O2S. The quantitative estimate of drug-likeness (QED) is 0.295. The molecule has 0 aliphatic carbocycles. The fourth-order valence-electron chi connectivity index (χ4n) is 2.76. The first kappa shape index (κ1) is 23.7. The number of nitrogens with zero attached hydrogens (tertiary/aromatic N) is 4. The van der Waals surface area contributed by atoms with Crippen LogP contribution in [0, 0.1) is 0 Å². The van der Waals surface area contributed by atoms with Gasteiger partial charge in [0.25, 0.3) is 0 Å². The molecule has 0 saturated carbocycles. The molecule has 1 aromatic heterocycles. The summed E-state index contributed by atoms with van der Waals surface area (Å²) >= 11 is 14.1. The number of hydrogen-bond donors (Lipinski definition) is 1. The van der Waals surface area contributed by atoms with Crippen molar-refractivity contribution in [1.29, 1.82) is 0 Å². The second-order valence-electron chi connectivity index (χ2n) is 6.70. The number of aromatic nitrogens is 4. The first-order valence-electron chi connectivity index (χ1n) is 9.95. The lowest BCUT2D eigenvalue weighted by Gasteiger charge is -2.15. The fourth-order valence-corrected chi connectivity index (χ4v) is 3.90. The Bertz CT molecular complexity index is 969. The van der Waals surface area contributed by atoms with Gasteiger partial charge < -0.3 is 14.8 Å². The van der Waals surface area contributed by atoms with Gasteiger partial charge in [0.15, 0.2) is 11.5 Å². The lowest BCUT2D eigenvalue weighted by Crippen LogP contribution is -2.16. The molecule has 0 unspecified atom stereocenters. The van der Waals surface area contributed by atoms with Crippen LogP contribution in [0.2, 0.25) is 10.0 Å². The zero-order valence-corrected chi connectivity index (χ0v) is 19.8. The SMILES string of the molecule is CCOc1cc(CNCCCSc2nnnn2C)c(Cl)cc1OCc1ccc(Cl)cc1. The van der Waals surface area contributed by atoms with E-state index in [1.54, 1.807) is 16.4 Å². The number of hydrogen-bond acceptors (Lipinski definition) is 7. The summed E-state index contributed by atoms with van der Waals surface area (Å²) < 4.78 is 13.4. The third kappa shape index (κ3) is 7.28.